The average molecular weight is 441 g/mol. The van der Waals surface area contributed by atoms with Gasteiger partial charge in [0, 0.05) is 29.1 Å². The summed E-state index contributed by atoms with van der Waals surface area (Å²) in [5.41, 5.74) is 0.585. The van der Waals surface area contributed by atoms with Crippen molar-refractivity contribution in [2.24, 2.45) is 5.41 Å². The number of pyridine rings is 1. The van der Waals surface area contributed by atoms with Gasteiger partial charge in [-0.2, -0.15) is 0 Å². The number of ether oxygens (including phenoxy) is 1. The lowest BCUT2D eigenvalue weighted by Crippen LogP contribution is -2.42. The molecule has 1 aromatic carbocycles. The van der Waals surface area contributed by atoms with E-state index in [9.17, 15) is 19.2 Å². The number of carbonyl (C=O) groups is 3. The molecule has 1 atom stereocenters. The Morgan fingerprint density at radius 2 is 1.87 bits per heavy atom. The Hall–Kier alpha value is -2.87. The van der Waals surface area contributed by atoms with Crippen molar-refractivity contribution in [1.82, 2.24) is 9.88 Å². The van der Waals surface area contributed by atoms with E-state index >= 15 is 0 Å². The van der Waals surface area contributed by atoms with E-state index < -0.39 is 17.5 Å². The molecule has 2 heterocycles. The third-order valence-electron chi connectivity index (χ3n) is 5.70. The molecule has 1 saturated heterocycles. The molecule has 1 aromatic heterocycles. The molecule has 1 aliphatic carbocycles. The molecule has 7 nitrogen and oxygen atoms in total. The maximum absolute atomic E-state index is 13.5. The monoisotopic (exact) mass is 440 g/mol. The van der Waals surface area contributed by atoms with Crippen LogP contribution in [0.2, 0.25) is 0 Å². The van der Waals surface area contributed by atoms with Gasteiger partial charge in [0.05, 0.1) is 13.2 Å². The lowest BCUT2D eigenvalue weighted by molar-refractivity contribution is -0.112. The minimum absolute atomic E-state index is 0.102. The minimum Gasteiger partial charge on any atom is -0.497 e. The van der Waals surface area contributed by atoms with Crippen LogP contribution < -0.4 is 15.6 Å². The van der Waals surface area contributed by atoms with E-state index in [4.69, 9.17) is 4.74 Å². The van der Waals surface area contributed by atoms with Crippen molar-refractivity contribution in [3.05, 3.63) is 57.5 Å². The highest BCUT2D eigenvalue weighted by atomic mass is 32.2. The number of benzene rings is 1. The maximum Gasteiger partial charge on any atom is 0.268 e. The number of methoxy groups -OCH3 is 1. The highest BCUT2D eigenvalue weighted by molar-refractivity contribution is 8.14. The maximum atomic E-state index is 13.5. The molecule has 1 fully saturated rings. The Morgan fingerprint density at radius 3 is 2.48 bits per heavy atom. The van der Waals surface area contributed by atoms with E-state index in [0.717, 1.165) is 0 Å². The Morgan fingerprint density at radius 1 is 1.16 bits per heavy atom. The highest BCUT2D eigenvalue weighted by Crippen LogP contribution is 2.35. The molecule has 1 N–H and O–H groups in total. The van der Waals surface area contributed by atoms with Crippen LogP contribution in [0, 0.1) is 5.41 Å². The van der Waals surface area contributed by atoms with Crippen molar-refractivity contribution in [2.75, 3.05) is 12.9 Å². The first kappa shape index (κ1) is 21.4. The Kier molecular flexibility index (Phi) is 5.51. The van der Waals surface area contributed by atoms with Crippen LogP contribution in [0.25, 0.3) is 5.69 Å². The molecule has 4 rings (SSSR count). The molecular formula is C23H24N2O5S. The van der Waals surface area contributed by atoms with Crippen LogP contribution in [-0.4, -0.2) is 40.3 Å². The first-order chi connectivity index (χ1) is 14.7. The fourth-order valence-corrected chi connectivity index (χ4v) is 5.08. The summed E-state index contributed by atoms with van der Waals surface area (Å²) in [5.74, 6) is 0.536. The van der Waals surface area contributed by atoms with Crippen molar-refractivity contribution >= 4 is 28.6 Å². The first-order valence-corrected chi connectivity index (χ1v) is 11.1. The van der Waals surface area contributed by atoms with Gasteiger partial charge in [-0.15, -0.1) is 0 Å². The second-order valence-corrected chi connectivity index (χ2v) is 9.78. The van der Waals surface area contributed by atoms with Gasteiger partial charge in [-0.3, -0.25) is 23.7 Å². The summed E-state index contributed by atoms with van der Waals surface area (Å²) in [5, 5.41) is 2.56. The number of amides is 1. The topological polar surface area (TPSA) is 94.5 Å². The molecule has 8 heteroatoms. The van der Waals surface area contributed by atoms with Gasteiger partial charge in [-0.25, -0.2) is 0 Å². The van der Waals surface area contributed by atoms with E-state index in [2.05, 4.69) is 5.32 Å². The summed E-state index contributed by atoms with van der Waals surface area (Å²) >= 11 is 1.17. The molecule has 162 valence electrons. The predicted molar refractivity (Wildman–Crippen MR) is 118 cm³/mol. The summed E-state index contributed by atoms with van der Waals surface area (Å²) in [6.45, 7) is 3.97. The summed E-state index contributed by atoms with van der Waals surface area (Å²) in [6.07, 6.45) is 1.38. The SMILES string of the molecule is COc1ccc(-n2c3c(cc(C(=O)N[C@H]4CCSC4=O)c2=O)C(=O)CC(C)(C)C3)cc1. The molecule has 31 heavy (non-hydrogen) atoms. The highest BCUT2D eigenvalue weighted by Gasteiger charge is 2.36. The van der Waals surface area contributed by atoms with E-state index in [1.54, 1.807) is 31.4 Å². The molecule has 2 aliphatic rings. The van der Waals surface area contributed by atoms with Gasteiger partial charge in [0.1, 0.15) is 11.3 Å². The zero-order valence-electron chi connectivity index (χ0n) is 17.7. The molecule has 1 aliphatic heterocycles. The number of ketones is 1. The van der Waals surface area contributed by atoms with Gasteiger partial charge < -0.3 is 10.1 Å². The van der Waals surface area contributed by atoms with Crippen LogP contribution in [0.3, 0.4) is 0 Å². The Bertz CT molecular complexity index is 1130. The van der Waals surface area contributed by atoms with Gasteiger partial charge in [0.25, 0.3) is 11.5 Å². The normalized spacial score (nSPS) is 19.8. The number of Topliss-reactive ketones (excluding diaryl/α,β-unsaturated/α-hetero) is 1. The Balaban J connectivity index is 1.87. The Labute approximate surface area is 184 Å². The molecule has 0 spiro atoms. The average Bonchev–Trinajstić information content (AvgIpc) is 3.11. The van der Waals surface area contributed by atoms with Gasteiger partial charge >= 0.3 is 0 Å². The van der Waals surface area contributed by atoms with Crippen LogP contribution in [0.1, 0.15) is 53.1 Å². The molecule has 0 saturated carbocycles. The molecule has 0 radical (unpaired) electrons. The second kappa shape index (κ2) is 8.00. The van der Waals surface area contributed by atoms with Crippen LogP contribution >= 0.6 is 11.8 Å². The number of nitrogens with one attached hydrogen (secondary N) is 1. The molecular weight excluding hydrogens is 416 g/mol. The van der Waals surface area contributed by atoms with Crippen molar-refractivity contribution in [2.45, 2.75) is 39.2 Å². The van der Waals surface area contributed by atoms with Crippen molar-refractivity contribution in [3.63, 3.8) is 0 Å². The van der Waals surface area contributed by atoms with E-state index in [1.807, 2.05) is 13.8 Å². The summed E-state index contributed by atoms with van der Waals surface area (Å²) in [6, 6.07) is 7.70. The largest absolute Gasteiger partial charge is 0.497 e. The predicted octanol–water partition coefficient (Wildman–Crippen LogP) is 2.76. The van der Waals surface area contributed by atoms with Crippen LogP contribution in [0.4, 0.5) is 0 Å². The number of nitrogens with zero attached hydrogens (tertiary/aromatic N) is 1. The lowest BCUT2D eigenvalue weighted by atomic mass is 9.75. The van der Waals surface area contributed by atoms with Crippen molar-refractivity contribution in [1.29, 1.82) is 0 Å². The molecule has 2 aromatic rings. The fraction of sp³-hybridized carbons (Fsp3) is 0.391. The molecule has 0 unspecified atom stereocenters. The molecule has 0 bridgehead atoms. The number of carbonyl (C=O) groups excluding carboxylic acids is 3. The number of thioether (sulfide) groups is 1. The summed E-state index contributed by atoms with van der Waals surface area (Å²) in [7, 11) is 1.55. The standard InChI is InChI=1S/C23H24N2O5S/c1-23(2)11-18-15(19(26)12-23)10-16(20(27)24-17-8-9-31-22(17)29)21(28)25(18)13-4-6-14(30-3)7-5-13/h4-7,10,17H,8-9,11-12H2,1-3H3,(H,24,27)/t17-/m0/s1. The number of hydrogen-bond donors (Lipinski definition) is 1. The van der Waals surface area contributed by atoms with E-state index in [1.165, 1.54) is 22.4 Å². The van der Waals surface area contributed by atoms with Gasteiger partial charge in [-0.1, -0.05) is 25.6 Å². The number of aromatic nitrogens is 1. The summed E-state index contributed by atoms with van der Waals surface area (Å²) < 4.78 is 6.66. The van der Waals surface area contributed by atoms with Crippen LogP contribution in [0.15, 0.2) is 35.1 Å². The van der Waals surface area contributed by atoms with Gasteiger partial charge in [-0.05, 0) is 48.6 Å². The first-order valence-electron chi connectivity index (χ1n) is 10.1. The van der Waals surface area contributed by atoms with Crippen molar-refractivity contribution in [3.8, 4) is 11.4 Å². The van der Waals surface area contributed by atoms with Crippen LogP contribution in [0.5, 0.6) is 5.75 Å². The zero-order chi connectivity index (χ0) is 22.3. The third kappa shape index (κ3) is 4.04. The quantitative estimate of drug-likeness (QED) is 0.786. The van der Waals surface area contributed by atoms with Gasteiger partial charge in [0.15, 0.2) is 5.78 Å². The zero-order valence-corrected chi connectivity index (χ0v) is 18.5. The lowest BCUT2D eigenvalue weighted by Gasteiger charge is -2.32. The summed E-state index contributed by atoms with van der Waals surface area (Å²) in [4.78, 5) is 51.3. The van der Waals surface area contributed by atoms with E-state index in [0.29, 0.717) is 47.7 Å². The minimum atomic E-state index is -0.631. The fourth-order valence-electron chi connectivity index (χ4n) is 4.14. The third-order valence-corrected chi connectivity index (χ3v) is 6.71. The van der Waals surface area contributed by atoms with Crippen molar-refractivity contribution < 1.29 is 19.1 Å². The number of fused-ring (bicyclic) bond motifs is 1. The van der Waals surface area contributed by atoms with Crippen LogP contribution in [-0.2, 0) is 11.2 Å². The second-order valence-electron chi connectivity index (χ2n) is 8.68. The van der Waals surface area contributed by atoms with E-state index in [-0.39, 0.29) is 21.9 Å². The number of hydrogen-bond acceptors (Lipinski definition) is 6. The molecule has 1 amide bonds. The van der Waals surface area contributed by atoms with Gasteiger partial charge in [0.2, 0.25) is 5.12 Å². The smallest absolute Gasteiger partial charge is 0.268 e. The number of rotatable bonds is 4.